The molecular formula is C20H22F3N3O3S. The Morgan fingerprint density at radius 2 is 1.83 bits per heavy atom. The average Bonchev–Trinajstić information content (AvgIpc) is 3.13. The van der Waals surface area contributed by atoms with Gasteiger partial charge in [0.1, 0.15) is 0 Å². The molecule has 0 saturated carbocycles. The van der Waals surface area contributed by atoms with E-state index in [2.05, 4.69) is 14.9 Å². The topological polar surface area (TPSA) is 78.5 Å². The van der Waals surface area contributed by atoms with Gasteiger partial charge in [0, 0.05) is 25.7 Å². The number of benzene rings is 2. The minimum Gasteiger partial charge on any atom is -0.351 e. The molecule has 1 amide bonds. The van der Waals surface area contributed by atoms with Crippen LogP contribution in [-0.4, -0.2) is 44.9 Å². The van der Waals surface area contributed by atoms with Gasteiger partial charge in [-0.1, -0.05) is 36.4 Å². The normalized spacial score (nSPS) is 17.8. The number of amides is 1. The van der Waals surface area contributed by atoms with Crippen LogP contribution in [0.1, 0.15) is 17.5 Å². The summed E-state index contributed by atoms with van der Waals surface area (Å²) in [4.78, 5) is 13.8. The van der Waals surface area contributed by atoms with Crippen molar-refractivity contribution < 1.29 is 26.4 Å². The van der Waals surface area contributed by atoms with Crippen LogP contribution in [0.5, 0.6) is 0 Å². The zero-order valence-corrected chi connectivity index (χ0v) is 16.8. The summed E-state index contributed by atoms with van der Waals surface area (Å²) < 4.78 is 64.9. The van der Waals surface area contributed by atoms with E-state index in [0.717, 1.165) is 37.7 Å². The molecule has 2 aromatic rings. The fraction of sp³-hybridized carbons (Fsp3) is 0.350. The van der Waals surface area contributed by atoms with Crippen molar-refractivity contribution in [3.8, 4) is 0 Å². The molecular weight excluding hydrogens is 419 g/mol. The standard InChI is InChI=1S/C20H22F3N3O3S/c21-20(22,23)16-7-4-8-18(11-16)30(28,29)24-12-19(27)25-17-9-10-26(14-17)13-15-5-2-1-3-6-15/h1-8,11,17,24H,9-10,12-14H2,(H,25,27). The van der Waals surface area contributed by atoms with Crippen LogP contribution in [0.2, 0.25) is 0 Å². The number of nitrogens with zero attached hydrogens (tertiary/aromatic N) is 1. The molecule has 0 bridgehead atoms. The van der Waals surface area contributed by atoms with Crippen LogP contribution in [0, 0.1) is 0 Å². The number of rotatable bonds is 7. The molecule has 1 saturated heterocycles. The number of alkyl halides is 3. The molecule has 1 unspecified atom stereocenters. The van der Waals surface area contributed by atoms with E-state index in [-0.39, 0.29) is 6.04 Å². The van der Waals surface area contributed by atoms with Gasteiger partial charge >= 0.3 is 6.18 Å². The molecule has 1 aliphatic heterocycles. The maximum atomic E-state index is 12.8. The van der Waals surface area contributed by atoms with Crippen LogP contribution in [0.25, 0.3) is 0 Å². The molecule has 162 valence electrons. The Morgan fingerprint density at radius 1 is 1.10 bits per heavy atom. The van der Waals surface area contributed by atoms with Gasteiger partial charge in [0.2, 0.25) is 15.9 Å². The molecule has 30 heavy (non-hydrogen) atoms. The van der Waals surface area contributed by atoms with Crippen LogP contribution in [0.4, 0.5) is 13.2 Å². The largest absolute Gasteiger partial charge is 0.416 e. The van der Waals surface area contributed by atoms with Gasteiger partial charge < -0.3 is 5.32 Å². The lowest BCUT2D eigenvalue weighted by Crippen LogP contribution is -2.43. The van der Waals surface area contributed by atoms with Crippen LogP contribution in [-0.2, 0) is 27.5 Å². The van der Waals surface area contributed by atoms with Crippen LogP contribution in [0.3, 0.4) is 0 Å². The van der Waals surface area contributed by atoms with Gasteiger partial charge in [0.15, 0.2) is 0 Å². The number of carbonyl (C=O) groups is 1. The summed E-state index contributed by atoms with van der Waals surface area (Å²) in [6.45, 7) is 1.65. The maximum absolute atomic E-state index is 12.8. The lowest BCUT2D eigenvalue weighted by molar-refractivity contribution is -0.137. The first-order chi connectivity index (χ1) is 14.1. The minimum atomic E-state index is -4.66. The van der Waals surface area contributed by atoms with Crippen molar-refractivity contribution in [3.63, 3.8) is 0 Å². The molecule has 2 aromatic carbocycles. The first kappa shape index (κ1) is 22.3. The first-order valence-corrected chi connectivity index (χ1v) is 10.8. The summed E-state index contributed by atoms with van der Waals surface area (Å²) in [5.41, 5.74) is 0.0950. The average molecular weight is 441 g/mol. The number of halogens is 3. The summed E-state index contributed by atoms with van der Waals surface area (Å²) in [6.07, 6.45) is -3.92. The molecule has 0 radical (unpaired) electrons. The first-order valence-electron chi connectivity index (χ1n) is 9.36. The van der Waals surface area contributed by atoms with Crippen LogP contribution in [0.15, 0.2) is 59.5 Å². The summed E-state index contributed by atoms with van der Waals surface area (Å²) in [7, 11) is -4.24. The fourth-order valence-corrected chi connectivity index (χ4v) is 4.33. The highest BCUT2D eigenvalue weighted by molar-refractivity contribution is 7.89. The van der Waals surface area contributed by atoms with E-state index < -0.39 is 39.1 Å². The molecule has 0 aliphatic carbocycles. The molecule has 1 atom stereocenters. The van der Waals surface area contributed by atoms with Crippen molar-refractivity contribution in [1.29, 1.82) is 0 Å². The Morgan fingerprint density at radius 3 is 2.53 bits per heavy atom. The SMILES string of the molecule is O=C(CNS(=O)(=O)c1cccc(C(F)(F)F)c1)NC1CCN(Cc2ccccc2)C1. The lowest BCUT2D eigenvalue weighted by Gasteiger charge is -2.17. The number of likely N-dealkylation sites (tertiary alicyclic amines) is 1. The number of hydrogen-bond donors (Lipinski definition) is 2. The molecule has 1 heterocycles. The molecule has 6 nitrogen and oxygen atoms in total. The lowest BCUT2D eigenvalue weighted by atomic mass is 10.2. The van der Waals surface area contributed by atoms with Crippen molar-refractivity contribution >= 4 is 15.9 Å². The van der Waals surface area contributed by atoms with Crippen LogP contribution >= 0.6 is 0 Å². The molecule has 1 fully saturated rings. The molecule has 0 aromatic heterocycles. The van der Waals surface area contributed by atoms with E-state index in [1.807, 2.05) is 30.3 Å². The third-order valence-corrected chi connectivity index (χ3v) is 6.18. The predicted molar refractivity (Wildman–Crippen MR) is 105 cm³/mol. The summed E-state index contributed by atoms with van der Waals surface area (Å²) in [5.74, 6) is -0.530. The van der Waals surface area contributed by atoms with Gasteiger partial charge in [-0.3, -0.25) is 9.69 Å². The van der Waals surface area contributed by atoms with Gasteiger partial charge in [-0.25, -0.2) is 13.1 Å². The number of sulfonamides is 1. The van der Waals surface area contributed by atoms with Crippen LogP contribution < -0.4 is 10.0 Å². The van der Waals surface area contributed by atoms with Crippen molar-refractivity contribution in [2.24, 2.45) is 0 Å². The number of hydrogen-bond acceptors (Lipinski definition) is 4. The Bertz CT molecular complexity index is 982. The fourth-order valence-electron chi connectivity index (χ4n) is 3.30. The van der Waals surface area contributed by atoms with E-state index >= 15 is 0 Å². The minimum absolute atomic E-state index is 0.112. The maximum Gasteiger partial charge on any atom is 0.416 e. The molecule has 2 N–H and O–H groups in total. The second-order valence-electron chi connectivity index (χ2n) is 7.12. The van der Waals surface area contributed by atoms with Gasteiger partial charge in [-0.2, -0.15) is 13.2 Å². The van der Waals surface area contributed by atoms with Gasteiger partial charge in [0.25, 0.3) is 0 Å². The van der Waals surface area contributed by atoms with Crippen molar-refractivity contribution in [2.45, 2.75) is 30.1 Å². The zero-order chi connectivity index (χ0) is 21.8. The highest BCUT2D eigenvalue weighted by Gasteiger charge is 2.32. The van der Waals surface area contributed by atoms with E-state index in [0.29, 0.717) is 12.6 Å². The quantitative estimate of drug-likeness (QED) is 0.692. The molecule has 0 spiro atoms. The van der Waals surface area contributed by atoms with Crippen molar-refractivity contribution in [3.05, 3.63) is 65.7 Å². The van der Waals surface area contributed by atoms with Gasteiger partial charge in [-0.15, -0.1) is 0 Å². The van der Waals surface area contributed by atoms with E-state index in [9.17, 15) is 26.4 Å². The van der Waals surface area contributed by atoms with Gasteiger partial charge in [0.05, 0.1) is 17.0 Å². The van der Waals surface area contributed by atoms with E-state index in [1.165, 1.54) is 5.56 Å². The highest BCUT2D eigenvalue weighted by Crippen LogP contribution is 2.30. The van der Waals surface area contributed by atoms with Crippen molar-refractivity contribution in [2.75, 3.05) is 19.6 Å². The molecule has 3 rings (SSSR count). The Hall–Kier alpha value is -2.43. The smallest absolute Gasteiger partial charge is 0.351 e. The zero-order valence-electron chi connectivity index (χ0n) is 16.0. The van der Waals surface area contributed by atoms with Gasteiger partial charge in [-0.05, 0) is 30.2 Å². The van der Waals surface area contributed by atoms with E-state index in [1.54, 1.807) is 0 Å². The Kier molecular flexibility index (Phi) is 6.79. The number of nitrogens with one attached hydrogen (secondary N) is 2. The summed E-state index contributed by atoms with van der Waals surface area (Å²) >= 11 is 0. The third kappa shape index (κ3) is 6.04. The van der Waals surface area contributed by atoms with E-state index in [4.69, 9.17) is 0 Å². The second kappa shape index (κ2) is 9.15. The molecule has 10 heteroatoms. The third-order valence-electron chi connectivity index (χ3n) is 4.78. The second-order valence-corrected chi connectivity index (χ2v) is 8.89. The number of carbonyl (C=O) groups excluding carboxylic acids is 1. The predicted octanol–water partition coefficient (Wildman–Crippen LogP) is 2.37. The molecule has 1 aliphatic rings. The highest BCUT2D eigenvalue weighted by atomic mass is 32.2. The monoisotopic (exact) mass is 441 g/mol. The Labute approximate surface area is 173 Å². The van der Waals surface area contributed by atoms with Crippen molar-refractivity contribution in [1.82, 2.24) is 14.9 Å². The summed E-state index contributed by atoms with van der Waals surface area (Å²) in [6, 6.07) is 13.2. The summed E-state index contributed by atoms with van der Waals surface area (Å²) in [5, 5.41) is 2.77. The Balaban J connectivity index is 1.50.